The Morgan fingerprint density at radius 1 is 1.09 bits per heavy atom. The summed E-state index contributed by atoms with van der Waals surface area (Å²) < 4.78 is 0. The lowest BCUT2D eigenvalue weighted by Crippen LogP contribution is -2.31. The van der Waals surface area contributed by atoms with Gasteiger partial charge in [0.25, 0.3) is 0 Å². The molecule has 0 saturated heterocycles. The zero-order valence-electron chi connectivity index (χ0n) is 13.8. The number of fused-ring (bicyclic) bond motifs is 1. The molecule has 1 aromatic carbocycles. The van der Waals surface area contributed by atoms with Gasteiger partial charge in [0.05, 0.1) is 0 Å². The van der Waals surface area contributed by atoms with E-state index >= 15 is 0 Å². The van der Waals surface area contributed by atoms with Gasteiger partial charge in [0.1, 0.15) is 17.5 Å². The minimum Gasteiger partial charge on any atom is -0.367 e. The third kappa shape index (κ3) is 3.16. The molecule has 1 aliphatic heterocycles. The van der Waals surface area contributed by atoms with Crippen molar-refractivity contribution in [3.8, 4) is 0 Å². The van der Waals surface area contributed by atoms with Crippen LogP contribution in [0.5, 0.6) is 0 Å². The van der Waals surface area contributed by atoms with Gasteiger partial charge in [0.2, 0.25) is 0 Å². The van der Waals surface area contributed by atoms with Gasteiger partial charge in [0, 0.05) is 25.2 Å². The molecule has 0 radical (unpaired) electrons. The first-order valence-corrected chi connectivity index (χ1v) is 8.72. The Bertz CT molecular complexity index is 692. The van der Waals surface area contributed by atoms with Crippen molar-refractivity contribution >= 4 is 11.6 Å². The highest BCUT2D eigenvalue weighted by Gasteiger charge is 2.19. The third-order valence-electron chi connectivity index (χ3n) is 4.99. The van der Waals surface area contributed by atoms with Crippen LogP contribution in [-0.2, 0) is 13.0 Å². The summed E-state index contributed by atoms with van der Waals surface area (Å²) in [5.74, 6) is 2.88. The highest BCUT2D eigenvalue weighted by atomic mass is 15.2. The van der Waals surface area contributed by atoms with E-state index in [1.165, 1.54) is 36.8 Å². The van der Waals surface area contributed by atoms with Gasteiger partial charge in [-0.2, -0.15) is 0 Å². The van der Waals surface area contributed by atoms with E-state index in [1.807, 2.05) is 6.92 Å². The maximum atomic E-state index is 4.68. The lowest BCUT2D eigenvalue weighted by molar-refractivity contribution is 0.714. The molecule has 0 atom stereocenters. The highest BCUT2D eigenvalue weighted by molar-refractivity contribution is 5.52. The molecule has 1 N–H and O–H groups in total. The Hall–Kier alpha value is -2.10. The molecule has 2 aromatic rings. The normalized spacial score (nSPS) is 18.0. The maximum absolute atomic E-state index is 4.68. The maximum Gasteiger partial charge on any atom is 0.134 e. The average Bonchev–Trinajstić information content (AvgIpc) is 3.07. The Labute approximate surface area is 138 Å². The minimum atomic E-state index is 0.583. The van der Waals surface area contributed by atoms with Crippen LogP contribution in [0.2, 0.25) is 0 Å². The van der Waals surface area contributed by atoms with Crippen molar-refractivity contribution in [2.24, 2.45) is 0 Å². The van der Waals surface area contributed by atoms with Gasteiger partial charge in [0.15, 0.2) is 0 Å². The number of aromatic nitrogens is 2. The summed E-state index contributed by atoms with van der Waals surface area (Å²) in [4.78, 5) is 11.6. The first kappa shape index (κ1) is 14.5. The molecule has 1 fully saturated rings. The fourth-order valence-corrected chi connectivity index (χ4v) is 3.76. The summed E-state index contributed by atoms with van der Waals surface area (Å²) in [6.45, 7) is 3.95. The number of hydrogen-bond donors (Lipinski definition) is 1. The monoisotopic (exact) mass is 308 g/mol. The van der Waals surface area contributed by atoms with Crippen LogP contribution in [0.25, 0.3) is 0 Å². The zero-order valence-corrected chi connectivity index (χ0v) is 13.8. The van der Waals surface area contributed by atoms with Crippen LogP contribution >= 0.6 is 0 Å². The van der Waals surface area contributed by atoms with Crippen LogP contribution in [0, 0.1) is 6.92 Å². The van der Waals surface area contributed by atoms with Crippen molar-refractivity contribution in [3.63, 3.8) is 0 Å². The second-order valence-electron chi connectivity index (χ2n) is 6.72. The Balaban J connectivity index is 1.55. The Morgan fingerprint density at radius 3 is 2.70 bits per heavy atom. The first-order valence-electron chi connectivity index (χ1n) is 8.72. The molecular formula is C19H24N4. The molecule has 0 bridgehead atoms. The number of anilines is 2. The topological polar surface area (TPSA) is 41.1 Å². The van der Waals surface area contributed by atoms with Gasteiger partial charge >= 0.3 is 0 Å². The van der Waals surface area contributed by atoms with Gasteiger partial charge in [-0.15, -0.1) is 0 Å². The van der Waals surface area contributed by atoms with Gasteiger partial charge in [-0.3, -0.25) is 0 Å². The molecule has 1 saturated carbocycles. The van der Waals surface area contributed by atoms with Crippen LogP contribution in [0.3, 0.4) is 0 Å². The minimum absolute atomic E-state index is 0.583. The second-order valence-corrected chi connectivity index (χ2v) is 6.72. The predicted molar refractivity (Wildman–Crippen MR) is 93.8 cm³/mol. The summed E-state index contributed by atoms with van der Waals surface area (Å²) >= 11 is 0. The number of hydrogen-bond acceptors (Lipinski definition) is 4. The standard InChI is InChI=1S/C19H24N4/c1-14-20-18(22-17-8-4-5-9-17)12-19(21-14)23-11-10-15-6-2-3-7-16(15)13-23/h2-3,6-7,12,17H,4-5,8-11,13H2,1H3,(H,20,21,22). The van der Waals surface area contributed by atoms with E-state index in [-0.39, 0.29) is 0 Å². The summed E-state index contributed by atoms with van der Waals surface area (Å²) in [7, 11) is 0. The number of benzene rings is 1. The first-order chi connectivity index (χ1) is 11.3. The summed E-state index contributed by atoms with van der Waals surface area (Å²) in [5.41, 5.74) is 2.89. The summed E-state index contributed by atoms with van der Waals surface area (Å²) in [6.07, 6.45) is 6.27. The fourth-order valence-electron chi connectivity index (χ4n) is 3.76. The van der Waals surface area contributed by atoms with E-state index in [0.29, 0.717) is 6.04 Å². The molecule has 4 heteroatoms. The molecule has 4 rings (SSSR count). The number of rotatable bonds is 3. The van der Waals surface area contributed by atoms with Crippen molar-refractivity contribution < 1.29 is 0 Å². The molecule has 0 amide bonds. The van der Waals surface area contributed by atoms with Crippen molar-refractivity contribution in [1.82, 2.24) is 9.97 Å². The number of aryl methyl sites for hydroxylation is 1. The van der Waals surface area contributed by atoms with Crippen LogP contribution < -0.4 is 10.2 Å². The Kier molecular flexibility index (Phi) is 3.90. The lowest BCUT2D eigenvalue weighted by atomic mass is 10.00. The molecule has 2 heterocycles. The van der Waals surface area contributed by atoms with Crippen molar-refractivity contribution in [2.45, 2.75) is 51.6 Å². The van der Waals surface area contributed by atoms with Gasteiger partial charge in [-0.25, -0.2) is 9.97 Å². The quantitative estimate of drug-likeness (QED) is 0.938. The molecule has 0 unspecified atom stereocenters. The average molecular weight is 308 g/mol. The van der Waals surface area contributed by atoms with Crippen LogP contribution in [0.1, 0.15) is 42.6 Å². The van der Waals surface area contributed by atoms with E-state index < -0.39 is 0 Å². The molecule has 1 aromatic heterocycles. The summed E-state index contributed by atoms with van der Waals surface area (Å²) in [5, 5.41) is 3.60. The number of nitrogens with one attached hydrogen (secondary N) is 1. The van der Waals surface area contributed by atoms with Crippen LogP contribution in [-0.4, -0.2) is 22.6 Å². The summed E-state index contributed by atoms with van der Waals surface area (Å²) in [6, 6.07) is 11.4. The van der Waals surface area contributed by atoms with Crippen LogP contribution in [0.4, 0.5) is 11.6 Å². The van der Waals surface area contributed by atoms with E-state index in [9.17, 15) is 0 Å². The molecule has 4 nitrogen and oxygen atoms in total. The molecule has 120 valence electrons. The smallest absolute Gasteiger partial charge is 0.134 e. The lowest BCUT2D eigenvalue weighted by Gasteiger charge is -2.30. The zero-order chi connectivity index (χ0) is 15.6. The molecule has 23 heavy (non-hydrogen) atoms. The van der Waals surface area contributed by atoms with Gasteiger partial charge < -0.3 is 10.2 Å². The number of nitrogens with zero attached hydrogens (tertiary/aromatic N) is 3. The predicted octanol–water partition coefficient (Wildman–Crippen LogP) is 3.70. The fraction of sp³-hybridized carbons (Fsp3) is 0.474. The Morgan fingerprint density at radius 2 is 1.87 bits per heavy atom. The molecule has 0 spiro atoms. The largest absolute Gasteiger partial charge is 0.367 e. The third-order valence-corrected chi connectivity index (χ3v) is 4.99. The van der Waals surface area contributed by atoms with Gasteiger partial charge in [-0.1, -0.05) is 37.1 Å². The molecule has 1 aliphatic carbocycles. The highest BCUT2D eigenvalue weighted by Crippen LogP contribution is 2.26. The van der Waals surface area contributed by atoms with Crippen LogP contribution in [0.15, 0.2) is 30.3 Å². The van der Waals surface area contributed by atoms with Gasteiger partial charge in [-0.05, 0) is 37.3 Å². The molecule has 2 aliphatic rings. The van der Waals surface area contributed by atoms with Crippen molar-refractivity contribution in [2.75, 3.05) is 16.8 Å². The van der Waals surface area contributed by atoms with Crippen molar-refractivity contribution in [3.05, 3.63) is 47.3 Å². The SMILES string of the molecule is Cc1nc(NC2CCCC2)cc(N2CCc3ccccc3C2)n1. The van der Waals surface area contributed by atoms with E-state index in [2.05, 4.69) is 50.5 Å². The molecular weight excluding hydrogens is 284 g/mol. The second kappa shape index (κ2) is 6.19. The van der Waals surface area contributed by atoms with E-state index in [4.69, 9.17) is 0 Å². The van der Waals surface area contributed by atoms with E-state index in [0.717, 1.165) is 37.0 Å². The van der Waals surface area contributed by atoms with Crippen molar-refractivity contribution in [1.29, 1.82) is 0 Å². The van der Waals surface area contributed by atoms with E-state index in [1.54, 1.807) is 0 Å².